The number of piperazine rings is 1. The fourth-order valence-corrected chi connectivity index (χ4v) is 3.08. The molecule has 2 aromatic rings. The van der Waals surface area contributed by atoms with Crippen molar-refractivity contribution in [2.45, 2.75) is 12.6 Å². The summed E-state index contributed by atoms with van der Waals surface area (Å²) in [4.78, 5) is 15.9. The first-order chi connectivity index (χ1) is 12.2. The van der Waals surface area contributed by atoms with Crippen molar-refractivity contribution in [2.75, 3.05) is 33.3 Å². The number of hydrogen-bond acceptors (Lipinski definition) is 6. The predicted octanol–water partition coefficient (Wildman–Crippen LogP) is 2.45. The Labute approximate surface area is 147 Å². The van der Waals surface area contributed by atoms with Crippen LogP contribution >= 0.6 is 0 Å². The second-order valence-electron chi connectivity index (χ2n) is 6.01. The lowest BCUT2D eigenvalue weighted by molar-refractivity contribution is 0.0558. The van der Waals surface area contributed by atoms with Gasteiger partial charge in [0.05, 0.1) is 19.7 Å². The van der Waals surface area contributed by atoms with Crippen molar-refractivity contribution in [3.05, 3.63) is 59.5 Å². The van der Waals surface area contributed by atoms with E-state index >= 15 is 0 Å². The SMILES string of the molecule is COC(=O)c1ccc(CN2CCN([C@H](C#N)c3ccccc3)CC2)o1. The quantitative estimate of drug-likeness (QED) is 0.780. The minimum absolute atomic E-state index is 0.210. The van der Waals surface area contributed by atoms with Crippen molar-refractivity contribution in [3.8, 4) is 6.07 Å². The van der Waals surface area contributed by atoms with E-state index in [2.05, 4.69) is 20.6 Å². The van der Waals surface area contributed by atoms with Crippen molar-refractivity contribution < 1.29 is 13.9 Å². The molecule has 2 heterocycles. The van der Waals surface area contributed by atoms with Gasteiger partial charge in [-0.3, -0.25) is 9.80 Å². The van der Waals surface area contributed by atoms with Gasteiger partial charge in [0.25, 0.3) is 0 Å². The number of ether oxygens (including phenoxy) is 1. The lowest BCUT2D eigenvalue weighted by Gasteiger charge is -2.36. The van der Waals surface area contributed by atoms with Crippen LogP contribution in [0.2, 0.25) is 0 Å². The van der Waals surface area contributed by atoms with Crippen molar-refractivity contribution in [1.82, 2.24) is 9.80 Å². The number of carbonyl (C=O) groups excluding carboxylic acids is 1. The van der Waals surface area contributed by atoms with Crippen LogP contribution in [0.5, 0.6) is 0 Å². The van der Waals surface area contributed by atoms with E-state index in [1.54, 1.807) is 12.1 Å². The summed E-state index contributed by atoms with van der Waals surface area (Å²) in [6.45, 7) is 3.97. The van der Waals surface area contributed by atoms with Gasteiger partial charge in [0.2, 0.25) is 5.76 Å². The first kappa shape index (κ1) is 17.2. The van der Waals surface area contributed by atoms with Crippen LogP contribution in [0, 0.1) is 11.3 Å². The Morgan fingerprint density at radius 1 is 1.20 bits per heavy atom. The molecule has 1 aromatic carbocycles. The Bertz CT molecular complexity index is 743. The number of rotatable bonds is 5. The fourth-order valence-electron chi connectivity index (χ4n) is 3.08. The average Bonchev–Trinajstić information content (AvgIpc) is 3.12. The minimum atomic E-state index is -0.462. The molecule has 0 radical (unpaired) electrons. The molecule has 0 N–H and O–H groups in total. The topological polar surface area (TPSA) is 69.7 Å². The average molecular weight is 339 g/mol. The number of methoxy groups -OCH3 is 1. The molecule has 130 valence electrons. The van der Waals surface area contributed by atoms with Gasteiger partial charge in [-0.25, -0.2) is 4.79 Å². The van der Waals surface area contributed by atoms with Crippen LogP contribution in [0.3, 0.4) is 0 Å². The molecule has 1 aliphatic heterocycles. The van der Waals surface area contributed by atoms with Crippen LogP contribution < -0.4 is 0 Å². The molecule has 1 atom stereocenters. The van der Waals surface area contributed by atoms with Gasteiger partial charge in [-0.2, -0.15) is 5.26 Å². The molecule has 0 aliphatic carbocycles. The molecular weight excluding hydrogens is 318 g/mol. The van der Waals surface area contributed by atoms with Gasteiger partial charge in [-0.15, -0.1) is 0 Å². The van der Waals surface area contributed by atoms with E-state index in [-0.39, 0.29) is 11.8 Å². The molecule has 0 bridgehead atoms. The zero-order valence-electron chi connectivity index (χ0n) is 14.2. The molecular formula is C19H21N3O3. The lowest BCUT2D eigenvalue weighted by Crippen LogP contribution is -2.46. The standard InChI is InChI=1S/C19H21N3O3/c1-24-19(23)18-8-7-16(25-18)14-21-9-11-22(12-10-21)17(13-20)15-5-3-2-4-6-15/h2-8,17H,9-12,14H2,1H3/t17-/m1/s1. The zero-order chi connectivity index (χ0) is 17.6. The highest BCUT2D eigenvalue weighted by Crippen LogP contribution is 2.22. The number of nitriles is 1. The van der Waals surface area contributed by atoms with Crippen LogP contribution in [0.25, 0.3) is 0 Å². The molecule has 6 heteroatoms. The molecule has 1 fully saturated rings. The highest BCUT2D eigenvalue weighted by molar-refractivity contribution is 5.86. The monoisotopic (exact) mass is 339 g/mol. The van der Waals surface area contributed by atoms with Crippen LogP contribution in [0.4, 0.5) is 0 Å². The molecule has 1 aromatic heterocycles. The molecule has 1 aliphatic rings. The zero-order valence-corrected chi connectivity index (χ0v) is 14.2. The largest absolute Gasteiger partial charge is 0.463 e. The van der Waals surface area contributed by atoms with Crippen LogP contribution in [-0.4, -0.2) is 49.1 Å². The Morgan fingerprint density at radius 2 is 1.92 bits per heavy atom. The van der Waals surface area contributed by atoms with E-state index < -0.39 is 5.97 Å². The van der Waals surface area contributed by atoms with E-state index in [0.29, 0.717) is 6.54 Å². The summed E-state index contributed by atoms with van der Waals surface area (Å²) in [5.74, 6) is 0.509. The summed E-state index contributed by atoms with van der Waals surface area (Å²) in [5.41, 5.74) is 1.03. The maximum Gasteiger partial charge on any atom is 0.373 e. The molecule has 25 heavy (non-hydrogen) atoms. The Morgan fingerprint density at radius 3 is 2.56 bits per heavy atom. The predicted molar refractivity (Wildman–Crippen MR) is 91.7 cm³/mol. The molecule has 0 spiro atoms. The maximum atomic E-state index is 11.4. The van der Waals surface area contributed by atoms with Crippen molar-refractivity contribution in [1.29, 1.82) is 5.26 Å². The molecule has 0 unspecified atom stereocenters. The van der Waals surface area contributed by atoms with Gasteiger partial charge in [0.1, 0.15) is 11.8 Å². The number of carbonyl (C=O) groups is 1. The first-order valence-corrected chi connectivity index (χ1v) is 8.29. The highest BCUT2D eigenvalue weighted by Gasteiger charge is 2.25. The van der Waals surface area contributed by atoms with E-state index in [9.17, 15) is 10.1 Å². The fraction of sp³-hybridized carbons (Fsp3) is 0.368. The third-order valence-electron chi connectivity index (χ3n) is 4.44. The second-order valence-corrected chi connectivity index (χ2v) is 6.01. The number of benzene rings is 1. The van der Waals surface area contributed by atoms with Gasteiger partial charge >= 0.3 is 5.97 Å². The van der Waals surface area contributed by atoms with Gasteiger partial charge in [-0.1, -0.05) is 30.3 Å². The second kappa shape index (κ2) is 7.97. The molecule has 0 saturated carbocycles. The van der Waals surface area contributed by atoms with Crippen molar-refractivity contribution in [2.24, 2.45) is 0 Å². The van der Waals surface area contributed by atoms with Gasteiger partial charge in [0, 0.05) is 26.2 Å². The highest BCUT2D eigenvalue weighted by atomic mass is 16.5. The lowest BCUT2D eigenvalue weighted by atomic mass is 10.1. The summed E-state index contributed by atoms with van der Waals surface area (Å²) >= 11 is 0. The number of furan rings is 1. The molecule has 6 nitrogen and oxygen atoms in total. The Kier molecular flexibility index (Phi) is 5.49. The molecule has 3 rings (SSSR count). The molecule has 0 amide bonds. The summed E-state index contributed by atoms with van der Waals surface area (Å²) in [7, 11) is 1.34. The van der Waals surface area contributed by atoms with Crippen LogP contribution in [0.15, 0.2) is 46.9 Å². The number of nitrogens with zero attached hydrogens (tertiary/aromatic N) is 3. The summed E-state index contributed by atoms with van der Waals surface area (Å²) in [6.07, 6.45) is 0. The van der Waals surface area contributed by atoms with Crippen molar-refractivity contribution >= 4 is 5.97 Å². The Hall–Kier alpha value is -2.62. The third-order valence-corrected chi connectivity index (χ3v) is 4.44. The van der Waals surface area contributed by atoms with E-state index in [4.69, 9.17) is 4.42 Å². The molecule has 1 saturated heterocycles. The van der Waals surface area contributed by atoms with Crippen LogP contribution in [-0.2, 0) is 11.3 Å². The smallest absolute Gasteiger partial charge is 0.373 e. The minimum Gasteiger partial charge on any atom is -0.463 e. The van der Waals surface area contributed by atoms with E-state index in [1.165, 1.54) is 7.11 Å². The van der Waals surface area contributed by atoms with Gasteiger partial charge in [-0.05, 0) is 17.7 Å². The third kappa shape index (κ3) is 4.08. The van der Waals surface area contributed by atoms with E-state index in [0.717, 1.165) is 37.5 Å². The normalized spacial score (nSPS) is 17.0. The Balaban J connectivity index is 1.56. The van der Waals surface area contributed by atoms with Crippen LogP contribution in [0.1, 0.15) is 27.9 Å². The first-order valence-electron chi connectivity index (χ1n) is 8.29. The number of hydrogen-bond donors (Lipinski definition) is 0. The van der Waals surface area contributed by atoms with Crippen molar-refractivity contribution in [3.63, 3.8) is 0 Å². The number of esters is 1. The van der Waals surface area contributed by atoms with Gasteiger partial charge in [0.15, 0.2) is 0 Å². The van der Waals surface area contributed by atoms with E-state index in [1.807, 2.05) is 30.3 Å². The summed E-state index contributed by atoms with van der Waals surface area (Å²) in [5, 5.41) is 9.55. The summed E-state index contributed by atoms with van der Waals surface area (Å²) < 4.78 is 10.2. The van der Waals surface area contributed by atoms with Gasteiger partial charge < -0.3 is 9.15 Å². The summed E-state index contributed by atoms with van der Waals surface area (Å²) in [6, 6.07) is 15.5. The maximum absolute atomic E-state index is 11.4.